The van der Waals surface area contributed by atoms with Crippen LogP contribution in [-0.2, 0) is 9.59 Å². The number of carbonyl (C=O) groups is 2. The predicted molar refractivity (Wildman–Crippen MR) is 58.5 cm³/mol. The zero-order chi connectivity index (χ0) is 12.0. The molecular weight excluding hydrogens is 194 g/mol. The van der Waals surface area contributed by atoms with Crippen molar-refractivity contribution in [1.29, 1.82) is 0 Å². The highest BCUT2D eigenvalue weighted by molar-refractivity contribution is 5.96. The first-order valence-electron chi connectivity index (χ1n) is 5.41. The number of rotatable bonds is 6. The normalized spacial score (nSPS) is 16.5. The maximum atomic E-state index is 11.4. The maximum Gasteiger partial charge on any atom is 0.315 e. The Labute approximate surface area is 91.1 Å². The van der Waals surface area contributed by atoms with Gasteiger partial charge in [-0.2, -0.15) is 0 Å². The molecule has 1 amide bonds. The molecule has 2 N–H and O–H groups in total. The van der Waals surface area contributed by atoms with E-state index in [4.69, 9.17) is 5.11 Å². The number of carboxylic acid groups (broad SMARTS) is 1. The predicted octanol–water partition coefficient (Wildman–Crippen LogP) is 1.65. The quantitative estimate of drug-likeness (QED) is 0.662. The van der Waals surface area contributed by atoms with Crippen LogP contribution >= 0.6 is 0 Å². The molecule has 0 heterocycles. The van der Waals surface area contributed by atoms with E-state index in [2.05, 4.69) is 19.2 Å². The first-order valence-corrected chi connectivity index (χ1v) is 5.41. The second-order valence-electron chi connectivity index (χ2n) is 4.22. The van der Waals surface area contributed by atoms with Gasteiger partial charge in [0.25, 0.3) is 0 Å². The van der Waals surface area contributed by atoms with Gasteiger partial charge >= 0.3 is 5.97 Å². The van der Waals surface area contributed by atoms with E-state index in [9.17, 15) is 9.59 Å². The standard InChI is InChI=1S/C11H21NO3/c1-5-7(2)6-8(3)12-10(13)9(4)11(14)15/h7-9H,5-6H2,1-4H3,(H,12,13)(H,14,15). The van der Waals surface area contributed by atoms with Crippen molar-refractivity contribution in [3.8, 4) is 0 Å². The topological polar surface area (TPSA) is 66.4 Å². The largest absolute Gasteiger partial charge is 0.481 e. The summed E-state index contributed by atoms with van der Waals surface area (Å²) in [4.78, 5) is 21.9. The molecule has 3 atom stereocenters. The van der Waals surface area contributed by atoms with E-state index >= 15 is 0 Å². The van der Waals surface area contributed by atoms with Gasteiger partial charge in [0.2, 0.25) is 5.91 Å². The van der Waals surface area contributed by atoms with Gasteiger partial charge in [0.15, 0.2) is 0 Å². The van der Waals surface area contributed by atoms with E-state index < -0.39 is 17.8 Å². The summed E-state index contributed by atoms with van der Waals surface area (Å²) in [5, 5.41) is 11.3. The molecule has 0 aromatic rings. The van der Waals surface area contributed by atoms with Gasteiger partial charge in [0, 0.05) is 6.04 Å². The maximum absolute atomic E-state index is 11.4. The van der Waals surface area contributed by atoms with Crippen LogP contribution in [0.2, 0.25) is 0 Å². The lowest BCUT2D eigenvalue weighted by Gasteiger charge is -2.18. The monoisotopic (exact) mass is 215 g/mol. The van der Waals surface area contributed by atoms with E-state index in [1.54, 1.807) is 0 Å². The SMILES string of the molecule is CCC(C)CC(C)NC(=O)C(C)C(=O)O. The van der Waals surface area contributed by atoms with Gasteiger partial charge < -0.3 is 10.4 Å². The Morgan fingerprint density at radius 3 is 2.20 bits per heavy atom. The molecule has 4 heteroatoms. The molecule has 0 aliphatic rings. The fourth-order valence-electron chi connectivity index (χ4n) is 1.31. The zero-order valence-electron chi connectivity index (χ0n) is 9.91. The summed E-state index contributed by atoms with van der Waals surface area (Å²) in [5.74, 6) is -1.91. The number of carboxylic acids is 1. The molecule has 0 aromatic carbocycles. The van der Waals surface area contributed by atoms with Gasteiger partial charge in [0.1, 0.15) is 5.92 Å². The average molecular weight is 215 g/mol. The van der Waals surface area contributed by atoms with Crippen molar-refractivity contribution in [2.24, 2.45) is 11.8 Å². The van der Waals surface area contributed by atoms with Crippen LogP contribution < -0.4 is 5.32 Å². The third kappa shape index (κ3) is 5.40. The number of amides is 1. The molecule has 0 saturated heterocycles. The van der Waals surface area contributed by atoms with E-state index in [0.29, 0.717) is 5.92 Å². The minimum atomic E-state index is -1.08. The summed E-state index contributed by atoms with van der Waals surface area (Å²) in [6.45, 7) is 7.51. The number of nitrogens with one attached hydrogen (secondary N) is 1. The Balaban J connectivity index is 4.01. The van der Waals surface area contributed by atoms with Crippen molar-refractivity contribution in [3.63, 3.8) is 0 Å². The second-order valence-corrected chi connectivity index (χ2v) is 4.22. The molecule has 3 unspecified atom stereocenters. The van der Waals surface area contributed by atoms with Crippen molar-refractivity contribution in [2.75, 3.05) is 0 Å². The number of hydrogen-bond acceptors (Lipinski definition) is 2. The smallest absolute Gasteiger partial charge is 0.315 e. The van der Waals surface area contributed by atoms with Crippen LogP contribution in [0, 0.1) is 11.8 Å². The molecule has 88 valence electrons. The second kappa shape index (κ2) is 6.43. The Kier molecular flexibility index (Phi) is 5.97. The van der Waals surface area contributed by atoms with Gasteiger partial charge in [-0.25, -0.2) is 0 Å². The number of hydrogen-bond donors (Lipinski definition) is 2. The highest BCUT2D eigenvalue weighted by Gasteiger charge is 2.21. The summed E-state index contributed by atoms with van der Waals surface area (Å²) in [6, 6.07) is 0.0363. The molecule has 0 bridgehead atoms. The van der Waals surface area contributed by atoms with Crippen LogP contribution in [0.15, 0.2) is 0 Å². The third-order valence-electron chi connectivity index (χ3n) is 2.61. The molecule has 0 aromatic heterocycles. The third-order valence-corrected chi connectivity index (χ3v) is 2.61. The molecule has 0 aliphatic carbocycles. The molecule has 4 nitrogen and oxygen atoms in total. The average Bonchev–Trinajstić information content (AvgIpc) is 2.15. The van der Waals surface area contributed by atoms with Gasteiger partial charge in [-0.1, -0.05) is 20.3 Å². The van der Waals surface area contributed by atoms with Crippen LogP contribution in [0.5, 0.6) is 0 Å². The Hall–Kier alpha value is -1.06. The highest BCUT2D eigenvalue weighted by atomic mass is 16.4. The molecular formula is C11H21NO3. The lowest BCUT2D eigenvalue weighted by atomic mass is 10.00. The summed E-state index contributed by atoms with van der Waals surface area (Å²) >= 11 is 0. The summed E-state index contributed by atoms with van der Waals surface area (Å²) in [6.07, 6.45) is 1.95. The van der Waals surface area contributed by atoms with Crippen molar-refractivity contribution in [3.05, 3.63) is 0 Å². The van der Waals surface area contributed by atoms with Crippen molar-refractivity contribution < 1.29 is 14.7 Å². The molecule has 0 rings (SSSR count). The molecule has 0 spiro atoms. The van der Waals surface area contributed by atoms with Crippen molar-refractivity contribution in [2.45, 2.75) is 46.6 Å². The fraction of sp³-hybridized carbons (Fsp3) is 0.818. The van der Waals surface area contributed by atoms with Crippen LogP contribution in [0.4, 0.5) is 0 Å². The Morgan fingerprint density at radius 2 is 1.80 bits per heavy atom. The molecule has 0 fully saturated rings. The van der Waals surface area contributed by atoms with Gasteiger partial charge in [-0.15, -0.1) is 0 Å². The van der Waals surface area contributed by atoms with E-state index in [1.165, 1.54) is 6.92 Å². The lowest BCUT2D eigenvalue weighted by molar-refractivity contribution is -0.146. The minimum Gasteiger partial charge on any atom is -0.481 e. The summed E-state index contributed by atoms with van der Waals surface area (Å²) in [7, 11) is 0. The molecule has 0 aliphatic heterocycles. The molecule has 0 saturated carbocycles. The summed E-state index contributed by atoms with van der Waals surface area (Å²) < 4.78 is 0. The first kappa shape index (κ1) is 13.9. The van der Waals surface area contributed by atoms with Crippen molar-refractivity contribution >= 4 is 11.9 Å². The number of aliphatic carboxylic acids is 1. The first-order chi connectivity index (χ1) is 6.88. The van der Waals surface area contributed by atoms with Crippen LogP contribution in [0.25, 0.3) is 0 Å². The zero-order valence-corrected chi connectivity index (χ0v) is 9.91. The molecule has 15 heavy (non-hydrogen) atoms. The molecule has 0 radical (unpaired) electrons. The van der Waals surface area contributed by atoms with Gasteiger partial charge in [-0.3, -0.25) is 9.59 Å². The fourth-order valence-corrected chi connectivity index (χ4v) is 1.31. The van der Waals surface area contributed by atoms with Crippen LogP contribution in [0.3, 0.4) is 0 Å². The Bertz CT molecular complexity index is 228. The lowest BCUT2D eigenvalue weighted by Crippen LogP contribution is -2.39. The van der Waals surface area contributed by atoms with Crippen molar-refractivity contribution in [1.82, 2.24) is 5.32 Å². The van der Waals surface area contributed by atoms with Gasteiger partial charge in [-0.05, 0) is 26.2 Å². The van der Waals surface area contributed by atoms with E-state index in [-0.39, 0.29) is 6.04 Å². The highest BCUT2D eigenvalue weighted by Crippen LogP contribution is 2.09. The minimum absolute atomic E-state index is 0.0363. The van der Waals surface area contributed by atoms with Gasteiger partial charge in [0.05, 0.1) is 0 Å². The van der Waals surface area contributed by atoms with E-state index in [1.807, 2.05) is 6.92 Å². The summed E-state index contributed by atoms with van der Waals surface area (Å²) in [5.41, 5.74) is 0. The van der Waals surface area contributed by atoms with Crippen LogP contribution in [-0.4, -0.2) is 23.0 Å². The Morgan fingerprint density at radius 1 is 1.27 bits per heavy atom. The number of carbonyl (C=O) groups excluding carboxylic acids is 1. The van der Waals surface area contributed by atoms with Crippen LogP contribution in [0.1, 0.15) is 40.5 Å². The van der Waals surface area contributed by atoms with E-state index in [0.717, 1.165) is 12.8 Å².